The maximum absolute atomic E-state index is 10.4. The second-order valence-electron chi connectivity index (χ2n) is 5.80. The third-order valence-electron chi connectivity index (χ3n) is 3.85. The normalized spacial score (nSPS) is 12.5. The van der Waals surface area contributed by atoms with Gasteiger partial charge in [-0.15, -0.1) is 5.10 Å². The number of para-hydroxylation sites is 1. The summed E-state index contributed by atoms with van der Waals surface area (Å²) in [5, 5.41) is 28.3. The minimum Gasteiger partial charge on any atom is -0.508 e. The molecule has 0 bridgehead atoms. The second kappa shape index (κ2) is 6.22. The van der Waals surface area contributed by atoms with Gasteiger partial charge in [0.2, 0.25) is 0 Å². The molecule has 0 amide bonds. The van der Waals surface area contributed by atoms with Gasteiger partial charge in [-0.05, 0) is 29.7 Å². The number of aliphatic hydroxyl groups is 1. The number of benzene rings is 2. The van der Waals surface area contributed by atoms with Crippen LogP contribution >= 0.6 is 0 Å². The molecule has 0 aliphatic heterocycles. The number of aromatic hydroxyl groups is 1. The van der Waals surface area contributed by atoms with E-state index in [0.29, 0.717) is 17.2 Å². The van der Waals surface area contributed by atoms with E-state index in [1.807, 2.05) is 12.1 Å². The predicted molar refractivity (Wildman–Crippen MR) is 87.6 cm³/mol. The molecule has 2 aromatic carbocycles. The standard InChI is InChI=1S/C18H19N3O2/c1-12(2)13-7-9-14(10-8-13)21-11-16(19-20-21)18(23)15-5-3-4-6-17(15)22/h3-12,18,22-23H,1-2H3. The third-order valence-corrected chi connectivity index (χ3v) is 3.85. The van der Waals surface area contributed by atoms with Crippen LogP contribution in [0, 0.1) is 0 Å². The quantitative estimate of drug-likeness (QED) is 0.776. The van der Waals surface area contributed by atoms with Gasteiger partial charge in [0.05, 0.1) is 11.9 Å². The molecule has 5 heteroatoms. The van der Waals surface area contributed by atoms with Crippen molar-refractivity contribution in [3.05, 3.63) is 71.5 Å². The zero-order valence-corrected chi connectivity index (χ0v) is 13.1. The van der Waals surface area contributed by atoms with Crippen LogP contribution in [0.5, 0.6) is 5.75 Å². The Hall–Kier alpha value is -2.66. The third kappa shape index (κ3) is 3.10. The molecule has 0 aliphatic carbocycles. The van der Waals surface area contributed by atoms with E-state index in [2.05, 4.69) is 36.3 Å². The lowest BCUT2D eigenvalue weighted by Crippen LogP contribution is -2.00. The number of aliphatic hydroxyl groups excluding tert-OH is 1. The molecule has 3 aromatic rings. The highest BCUT2D eigenvalue weighted by molar-refractivity contribution is 5.38. The molecule has 118 valence electrons. The molecule has 0 aliphatic rings. The van der Waals surface area contributed by atoms with Crippen molar-refractivity contribution >= 4 is 0 Å². The molecular weight excluding hydrogens is 290 g/mol. The van der Waals surface area contributed by atoms with Crippen LogP contribution in [-0.2, 0) is 0 Å². The highest BCUT2D eigenvalue weighted by Gasteiger charge is 2.18. The predicted octanol–water partition coefficient (Wildman–Crippen LogP) is 3.18. The molecule has 5 nitrogen and oxygen atoms in total. The molecule has 1 unspecified atom stereocenters. The van der Waals surface area contributed by atoms with Crippen LogP contribution in [-0.4, -0.2) is 25.2 Å². The summed E-state index contributed by atoms with van der Waals surface area (Å²) in [5.74, 6) is 0.508. The largest absolute Gasteiger partial charge is 0.508 e. The summed E-state index contributed by atoms with van der Waals surface area (Å²) in [6.07, 6.45) is 0.654. The minimum absolute atomic E-state index is 0.0378. The highest BCUT2D eigenvalue weighted by Crippen LogP contribution is 2.28. The zero-order valence-electron chi connectivity index (χ0n) is 13.1. The summed E-state index contributed by atoms with van der Waals surface area (Å²) in [6, 6.07) is 14.7. The van der Waals surface area contributed by atoms with E-state index in [9.17, 15) is 10.2 Å². The molecule has 1 atom stereocenters. The molecule has 0 radical (unpaired) electrons. The van der Waals surface area contributed by atoms with Crippen LogP contribution in [0.15, 0.2) is 54.7 Å². The highest BCUT2D eigenvalue weighted by atomic mass is 16.3. The second-order valence-corrected chi connectivity index (χ2v) is 5.80. The monoisotopic (exact) mass is 309 g/mol. The summed E-state index contributed by atoms with van der Waals surface area (Å²) in [5.41, 5.74) is 2.93. The van der Waals surface area contributed by atoms with Crippen LogP contribution in [0.3, 0.4) is 0 Å². The summed E-state index contributed by atoms with van der Waals surface area (Å²) in [6.45, 7) is 4.29. The van der Waals surface area contributed by atoms with Gasteiger partial charge in [0, 0.05) is 5.56 Å². The number of rotatable bonds is 4. The van der Waals surface area contributed by atoms with Gasteiger partial charge < -0.3 is 10.2 Å². The van der Waals surface area contributed by atoms with E-state index < -0.39 is 6.10 Å². The Labute approximate surface area is 134 Å². The van der Waals surface area contributed by atoms with Crippen LogP contribution < -0.4 is 0 Å². The molecule has 1 heterocycles. The Kier molecular flexibility index (Phi) is 4.12. The van der Waals surface area contributed by atoms with Crippen molar-refractivity contribution in [3.8, 4) is 11.4 Å². The maximum atomic E-state index is 10.4. The van der Waals surface area contributed by atoms with Gasteiger partial charge in [0.1, 0.15) is 17.5 Å². The van der Waals surface area contributed by atoms with Crippen LogP contribution in [0.2, 0.25) is 0 Å². The Morgan fingerprint density at radius 3 is 2.35 bits per heavy atom. The lowest BCUT2D eigenvalue weighted by atomic mass is 10.0. The van der Waals surface area contributed by atoms with Crippen LogP contribution in [0.4, 0.5) is 0 Å². The summed E-state index contributed by atoms with van der Waals surface area (Å²) in [4.78, 5) is 0. The van der Waals surface area contributed by atoms with Crippen molar-refractivity contribution in [2.45, 2.75) is 25.9 Å². The lowest BCUT2D eigenvalue weighted by Gasteiger charge is -2.09. The van der Waals surface area contributed by atoms with E-state index in [1.165, 1.54) is 11.6 Å². The topological polar surface area (TPSA) is 71.2 Å². The fraction of sp³-hybridized carbons (Fsp3) is 0.222. The van der Waals surface area contributed by atoms with E-state index in [1.54, 1.807) is 29.1 Å². The molecule has 0 saturated carbocycles. The molecule has 1 aromatic heterocycles. The molecule has 23 heavy (non-hydrogen) atoms. The first-order valence-corrected chi connectivity index (χ1v) is 7.55. The maximum Gasteiger partial charge on any atom is 0.128 e. The summed E-state index contributed by atoms with van der Waals surface area (Å²) < 4.78 is 1.61. The zero-order chi connectivity index (χ0) is 16.4. The lowest BCUT2D eigenvalue weighted by molar-refractivity contribution is 0.210. The van der Waals surface area contributed by atoms with Crippen molar-refractivity contribution in [2.24, 2.45) is 0 Å². The molecule has 3 rings (SSSR count). The average Bonchev–Trinajstić information content (AvgIpc) is 3.05. The van der Waals surface area contributed by atoms with Gasteiger partial charge in [0.15, 0.2) is 0 Å². The Balaban J connectivity index is 1.87. The fourth-order valence-electron chi connectivity index (χ4n) is 2.42. The number of phenolic OH excluding ortho intramolecular Hbond substituents is 1. The first-order chi connectivity index (χ1) is 11.1. The van der Waals surface area contributed by atoms with E-state index in [0.717, 1.165) is 5.69 Å². The fourth-order valence-corrected chi connectivity index (χ4v) is 2.42. The molecule has 0 fully saturated rings. The van der Waals surface area contributed by atoms with Gasteiger partial charge in [-0.2, -0.15) is 0 Å². The van der Waals surface area contributed by atoms with Gasteiger partial charge in [-0.3, -0.25) is 0 Å². The number of aromatic nitrogens is 3. The number of phenols is 1. The average molecular weight is 309 g/mol. The van der Waals surface area contributed by atoms with Gasteiger partial charge in [0.25, 0.3) is 0 Å². The van der Waals surface area contributed by atoms with Crippen molar-refractivity contribution in [1.29, 1.82) is 0 Å². The van der Waals surface area contributed by atoms with Gasteiger partial charge >= 0.3 is 0 Å². The minimum atomic E-state index is -1.01. The smallest absolute Gasteiger partial charge is 0.128 e. The van der Waals surface area contributed by atoms with Crippen LogP contribution in [0.25, 0.3) is 5.69 Å². The van der Waals surface area contributed by atoms with Crippen LogP contribution in [0.1, 0.15) is 42.7 Å². The summed E-state index contributed by atoms with van der Waals surface area (Å²) >= 11 is 0. The molecule has 0 spiro atoms. The van der Waals surface area contributed by atoms with Gasteiger partial charge in [-0.1, -0.05) is 49.4 Å². The Morgan fingerprint density at radius 2 is 1.70 bits per heavy atom. The Morgan fingerprint density at radius 1 is 1.00 bits per heavy atom. The van der Waals surface area contributed by atoms with Crippen molar-refractivity contribution in [2.75, 3.05) is 0 Å². The van der Waals surface area contributed by atoms with Crippen molar-refractivity contribution in [1.82, 2.24) is 15.0 Å². The number of hydrogen-bond acceptors (Lipinski definition) is 4. The molecule has 2 N–H and O–H groups in total. The Bertz CT molecular complexity index is 794. The molecular formula is C18H19N3O2. The number of nitrogens with zero attached hydrogens (tertiary/aromatic N) is 3. The summed E-state index contributed by atoms with van der Waals surface area (Å²) in [7, 11) is 0. The van der Waals surface area contributed by atoms with Gasteiger partial charge in [-0.25, -0.2) is 4.68 Å². The van der Waals surface area contributed by atoms with Crippen molar-refractivity contribution < 1.29 is 10.2 Å². The van der Waals surface area contributed by atoms with E-state index in [-0.39, 0.29) is 5.75 Å². The number of hydrogen-bond donors (Lipinski definition) is 2. The first kappa shape index (κ1) is 15.2. The SMILES string of the molecule is CC(C)c1ccc(-n2cc(C(O)c3ccccc3O)nn2)cc1. The van der Waals surface area contributed by atoms with E-state index >= 15 is 0 Å². The first-order valence-electron chi connectivity index (χ1n) is 7.55. The van der Waals surface area contributed by atoms with Crippen molar-refractivity contribution in [3.63, 3.8) is 0 Å². The van der Waals surface area contributed by atoms with E-state index in [4.69, 9.17) is 0 Å². The molecule has 0 saturated heterocycles.